The van der Waals surface area contributed by atoms with Crippen molar-refractivity contribution in [2.75, 3.05) is 18.0 Å². The minimum absolute atomic E-state index is 0.125. The van der Waals surface area contributed by atoms with Gasteiger partial charge in [-0.15, -0.1) is 0 Å². The molecule has 2 aromatic rings. The fourth-order valence-electron chi connectivity index (χ4n) is 2.14. The summed E-state index contributed by atoms with van der Waals surface area (Å²) in [7, 11) is 0. The number of rotatable bonds is 6. The Balaban J connectivity index is 1.94. The number of pyridine rings is 2. The Bertz CT molecular complexity index is 604. The molecular weight excluding hydrogens is 276 g/mol. The maximum atomic E-state index is 12.0. The summed E-state index contributed by atoms with van der Waals surface area (Å²) >= 11 is 0. The van der Waals surface area contributed by atoms with Gasteiger partial charge in [-0.2, -0.15) is 0 Å². The summed E-state index contributed by atoms with van der Waals surface area (Å²) in [6.07, 6.45) is 3.40. The van der Waals surface area contributed by atoms with E-state index in [1.807, 2.05) is 25.1 Å². The van der Waals surface area contributed by atoms with Gasteiger partial charge in [-0.1, -0.05) is 6.07 Å². The molecule has 2 heterocycles. The largest absolute Gasteiger partial charge is 0.357 e. The van der Waals surface area contributed by atoms with Crippen LogP contribution in [-0.2, 0) is 6.54 Å². The van der Waals surface area contributed by atoms with Gasteiger partial charge in [0.25, 0.3) is 5.91 Å². The molecule has 0 aliphatic carbocycles. The molecule has 0 spiro atoms. The zero-order valence-corrected chi connectivity index (χ0v) is 13.3. The van der Waals surface area contributed by atoms with Gasteiger partial charge in [-0.05, 0) is 44.5 Å². The van der Waals surface area contributed by atoms with Gasteiger partial charge in [0.2, 0.25) is 0 Å². The maximum Gasteiger partial charge on any atom is 0.253 e. The summed E-state index contributed by atoms with van der Waals surface area (Å²) in [5.41, 5.74) is 2.44. The molecule has 0 unspecified atom stereocenters. The summed E-state index contributed by atoms with van der Waals surface area (Å²) < 4.78 is 0. The molecule has 2 rings (SSSR count). The van der Waals surface area contributed by atoms with Gasteiger partial charge in [0, 0.05) is 37.7 Å². The van der Waals surface area contributed by atoms with Crippen LogP contribution in [0, 0.1) is 6.92 Å². The third-order valence-corrected chi connectivity index (χ3v) is 3.52. The summed E-state index contributed by atoms with van der Waals surface area (Å²) in [5.74, 6) is 0.836. The van der Waals surface area contributed by atoms with Crippen molar-refractivity contribution in [2.24, 2.45) is 0 Å². The van der Waals surface area contributed by atoms with Crippen molar-refractivity contribution in [1.29, 1.82) is 0 Å². The lowest BCUT2D eigenvalue weighted by Crippen LogP contribution is -2.24. The first-order valence-electron chi connectivity index (χ1n) is 7.54. The molecule has 5 nitrogen and oxygen atoms in total. The Labute approximate surface area is 131 Å². The number of aromatic nitrogens is 2. The molecule has 116 valence electrons. The molecule has 0 bridgehead atoms. The quantitative estimate of drug-likeness (QED) is 0.890. The zero-order chi connectivity index (χ0) is 15.9. The Morgan fingerprint density at radius 3 is 2.41 bits per heavy atom. The van der Waals surface area contributed by atoms with Crippen molar-refractivity contribution in [2.45, 2.75) is 27.3 Å². The Hall–Kier alpha value is -2.43. The molecule has 0 radical (unpaired) electrons. The van der Waals surface area contributed by atoms with Crippen LogP contribution in [-0.4, -0.2) is 29.0 Å². The molecule has 0 atom stereocenters. The van der Waals surface area contributed by atoms with Gasteiger partial charge >= 0.3 is 0 Å². The summed E-state index contributed by atoms with van der Waals surface area (Å²) in [6, 6.07) is 7.59. The van der Waals surface area contributed by atoms with Crippen LogP contribution in [0.4, 0.5) is 5.82 Å². The molecule has 1 N–H and O–H groups in total. The summed E-state index contributed by atoms with van der Waals surface area (Å²) in [5, 5.41) is 2.88. The lowest BCUT2D eigenvalue weighted by molar-refractivity contribution is 0.0950. The highest BCUT2D eigenvalue weighted by Crippen LogP contribution is 2.10. The smallest absolute Gasteiger partial charge is 0.253 e. The topological polar surface area (TPSA) is 58.1 Å². The number of nitrogens with one attached hydrogen (secondary N) is 1. The first-order chi connectivity index (χ1) is 10.6. The highest BCUT2D eigenvalue weighted by molar-refractivity contribution is 5.93. The number of anilines is 1. The predicted octanol–water partition coefficient (Wildman–Crippen LogP) is 2.56. The van der Waals surface area contributed by atoms with Crippen LogP contribution in [0.5, 0.6) is 0 Å². The van der Waals surface area contributed by atoms with Crippen molar-refractivity contribution in [3.8, 4) is 0 Å². The first-order valence-corrected chi connectivity index (χ1v) is 7.54. The Morgan fingerprint density at radius 2 is 1.86 bits per heavy atom. The number of aryl methyl sites for hydroxylation is 1. The van der Waals surface area contributed by atoms with Crippen molar-refractivity contribution in [3.05, 3.63) is 53.5 Å². The molecule has 2 aromatic heterocycles. The van der Waals surface area contributed by atoms with Gasteiger partial charge in [0.15, 0.2) is 0 Å². The van der Waals surface area contributed by atoms with Crippen LogP contribution in [0.25, 0.3) is 0 Å². The summed E-state index contributed by atoms with van der Waals surface area (Å²) in [4.78, 5) is 22.8. The Morgan fingerprint density at radius 1 is 1.09 bits per heavy atom. The molecule has 0 aliphatic rings. The Kier molecular flexibility index (Phi) is 5.47. The number of amides is 1. The number of hydrogen-bond acceptors (Lipinski definition) is 4. The molecular formula is C17H22N4O. The van der Waals surface area contributed by atoms with Crippen LogP contribution in [0.2, 0.25) is 0 Å². The van der Waals surface area contributed by atoms with E-state index in [0.29, 0.717) is 12.1 Å². The molecule has 0 saturated carbocycles. The second-order valence-electron chi connectivity index (χ2n) is 5.07. The van der Waals surface area contributed by atoms with Gasteiger partial charge < -0.3 is 10.2 Å². The van der Waals surface area contributed by atoms with Crippen molar-refractivity contribution >= 4 is 11.7 Å². The van der Waals surface area contributed by atoms with Gasteiger partial charge in [-0.25, -0.2) is 4.98 Å². The molecule has 5 heteroatoms. The minimum atomic E-state index is -0.125. The number of carbonyl (C=O) groups is 1. The summed E-state index contributed by atoms with van der Waals surface area (Å²) in [6.45, 7) is 8.42. The normalized spacial score (nSPS) is 10.3. The van der Waals surface area contributed by atoms with Gasteiger partial charge in [0.05, 0.1) is 5.56 Å². The van der Waals surface area contributed by atoms with E-state index < -0.39 is 0 Å². The minimum Gasteiger partial charge on any atom is -0.357 e. The number of nitrogens with zero attached hydrogens (tertiary/aromatic N) is 3. The third-order valence-electron chi connectivity index (χ3n) is 3.52. The fourth-order valence-corrected chi connectivity index (χ4v) is 2.14. The SMILES string of the molecule is CCN(CC)c1ccc(CNC(=O)c2ccc(C)nc2)cn1. The number of carbonyl (C=O) groups excluding carboxylic acids is 1. The lowest BCUT2D eigenvalue weighted by atomic mass is 10.2. The van der Waals surface area contributed by atoms with E-state index in [4.69, 9.17) is 0 Å². The molecule has 0 aliphatic heterocycles. The van der Waals surface area contributed by atoms with Crippen LogP contribution >= 0.6 is 0 Å². The van der Waals surface area contributed by atoms with Gasteiger partial charge in [-0.3, -0.25) is 9.78 Å². The van der Waals surface area contributed by atoms with E-state index in [0.717, 1.165) is 30.2 Å². The monoisotopic (exact) mass is 298 g/mol. The molecule has 0 saturated heterocycles. The van der Waals surface area contributed by atoms with E-state index in [-0.39, 0.29) is 5.91 Å². The van der Waals surface area contributed by atoms with Crippen molar-refractivity contribution in [1.82, 2.24) is 15.3 Å². The predicted molar refractivity (Wildman–Crippen MR) is 87.9 cm³/mol. The van der Waals surface area contributed by atoms with E-state index in [1.165, 1.54) is 0 Å². The highest BCUT2D eigenvalue weighted by Gasteiger charge is 2.06. The highest BCUT2D eigenvalue weighted by atomic mass is 16.1. The van der Waals surface area contributed by atoms with E-state index in [9.17, 15) is 4.79 Å². The van der Waals surface area contributed by atoms with E-state index in [1.54, 1.807) is 18.5 Å². The van der Waals surface area contributed by atoms with Crippen molar-refractivity contribution < 1.29 is 4.79 Å². The van der Waals surface area contributed by atoms with Crippen molar-refractivity contribution in [3.63, 3.8) is 0 Å². The van der Waals surface area contributed by atoms with E-state index >= 15 is 0 Å². The third kappa shape index (κ3) is 4.04. The van der Waals surface area contributed by atoms with E-state index in [2.05, 4.69) is 34.0 Å². The number of hydrogen-bond donors (Lipinski definition) is 1. The zero-order valence-electron chi connectivity index (χ0n) is 13.3. The molecule has 22 heavy (non-hydrogen) atoms. The second kappa shape index (κ2) is 7.54. The lowest BCUT2D eigenvalue weighted by Gasteiger charge is -2.19. The van der Waals surface area contributed by atoms with Gasteiger partial charge in [0.1, 0.15) is 5.82 Å². The molecule has 1 amide bonds. The molecule has 0 aromatic carbocycles. The average molecular weight is 298 g/mol. The standard InChI is InChI=1S/C17H22N4O/c1-4-21(5-2)16-9-7-14(10-19-16)11-20-17(22)15-8-6-13(3)18-12-15/h6-10,12H,4-5,11H2,1-3H3,(H,20,22). The second-order valence-corrected chi connectivity index (χ2v) is 5.07. The first kappa shape index (κ1) is 15.9. The maximum absolute atomic E-state index is 12.0. The van der Waals surface area contributed by atoms with Crippen LogP contribution in [0.1, 0.15) is 35.5 Å². The molecule has 0 fully saturated rings. The van der Waals surface area contributed by atoms with Crippen LogP contribution < -0.4 is 10.2 Å². The average Bonchev–Trinajstić information content (AvgIpc) is 2.55. The van der Waals surface area contributed by atoms with Crippen LogP contribution in [0.15, 0.2) is 36.7 Å². The fraction of sp³-hybridized carbons (Fsp3) is 0.353. The van der Waals surface area contributed by atoms with Crippen LogP contribution in [0.3, 0.4) is 0 Å².